The minimum absolute atomic E-state index is 0.339. The largest absolute Gasteiger partial charge is 0.0645 e. The summed E-state index contributed by atoms with van der Waals surface area (Å²) in [6.07, 6.45) is 1.03. The third kappa shape index (κ3) is 2.21. The van der Waals surface area contributed by atoms with E-state index in [1.54, 1.807) is 0 Å². The zero-order chi connectivity index (χ0) is 8.97. The smallest absolute Gasteiger partial charge is 0.0153 e. The van der Waals surface area contributed by atoms with Gasteiger partial charge in [0.05, 0.1) is 0 Å². The number of allylic oxidation sites excluding steroid dienone is 1. The van der Waals surface area contributed by atoms with E-state index >= 15 is 0 Å². The number of halogens is 1. The molecule has 0 bridgehead atoms. The highest BCUT2D eigenvalue weighted by Gasteiger charge is 2.09. The van der Waals surface area contributed by atoms with Crippen LogP contribution >= 0.6 is 15.9 Å². The molecule has 63 valence electrons. The Labute approximate surface area is 82.4 Å². The quantitative estimate of drug-likeness (QED) is 0.730. The van der Waals surface area contributed by atoms with Crippen LogP contribution in [-0.4, -0.2) is 0 Å². The fraction of sp³-hybridized carbons (Fsp3) is 0.273. The molecule has 0 N–H and O–H groups in total. The Morgan fingerprint density at radius 2 is 2.00 bits per heavy atom. The molecule has 0 amide bonds. The van der Waals surface area contributed by atoms with Crippen LogP contribution in [0.1, 0.15) is 24.8 Å². The van der Waals surface area contributed by atoms with Crippen molar-refractivity contribution in [2.75, 3.05) is 0 Å². The van der Waals surface area contributed by atoms with Crippen LogP contribution in [0, 0.1) is 6.58 Å². The first-order valence-corrected chi connectivity index (χ1v) is 4.87. The van der Waals surface area contributed by atoms with E-state index in [0.717, 1.165) is 10.9 Å². The maximum absolute atomic E-state index is 5.71. The Bertz CT molecular complexity index is 251. The van der Waals surface area contributed by atoms with E-state index in [9.17, 15) is 0 Å². The van der Waals surface area contributed by atoms with Crippen molar-refractivity contribution < 1.29 is 0 Å². The van der Waals surface area contributed by atoms with Gasteiger partial charge in [-0.1, -0.05) is 59.8 Å². The van der Waals surface area contributed by atoms with Crippen molar-refractivity contribution in [2.45, 2.75) is 19.3 Å². The van der Waals surface area contributed by atoms with Gasteiger partial charge in [-0.2, -0.15) is 0 Å². The Balaban J connectivity index is 2.88. The summed E-state index contributed by atoms with van der Waals surface area (Å²) in [5, 5.41) is 0. The predicted octanol–water partition coefficient (Wildman–Crippen LogP) is 3.89. The molecule has 1 rings (SSSR count). The Morgan fingerprint density at radius 3 is 2.42 bits per heavy atom. The van der Waals surface area contributed by atoms with Gasteiger partial charge in [0.1, 0.15) is 0 Å². The second-order valence-corrected chi connectivity index (χ2v) is 3.67. The van der Waals surface area contributed by atoms with E-state index in [4.69, 9.17) is 6.58 Å². The molecule has 1 radical (unpaired) electrons. The summed E-state index contributed by atoms with van der Waals surface area (Å²) in [6, 6.07) is 10.3. The number of benzene rings is 1. The third-order valence-electron chi connectivity index (χ3n) is 1.94. The number of hydrogen-bond acceptors (Lipinski definition) is 0. The summed E-state index contributed by atoms with van der Waals surface area (Å²) in [6.45, 7) is 7.84. The first-order valence-electron chi connectivity index (χ1n) is 4.08. The van der Waals surface area contributed by atoms with Crippen molar-refractivity contribution in [3.05, 3.63) is 47.0 Å². The molecule has 12 heavy (non-hydrogen) atoms. The number of hydrogen-bond donors (Lipinski definition) is 0. The van der Waals surface area contributed by atoms with Crippen molar-refractivity contribution in [2.24, 2.45) is 0 Å². The van der Waals surface area contributed by atoms with Crippen LogP contribution in [0.3, 0.4) is 0 Å². The van der Waals surface area contributed by atoms with E-state index in [0.29, 0.717) is 5.92 Å². The molecule has 1 aromatic carbocycles. The second kappa shape index (κ2) is 4.46. The molecule has 0 aliphatic rings. The molecule has 0 nitrogen and oxygen atoms in total. The normalized spacial score (nSPS) is 12.5. The van der Waals surface area contributed by atoms with Gasteiger partial charge in [0.25, 0.3) is 0 Å². The molecule has 1 atom stereocenters. The lowest BCUT2D eigenvalue weighted by molar-refractivity contribution is 0.798. The fourth-order valence-corrected chi connectivity index (χ4v) is 1.86. The zero-order valence-electron chi connectivity index (χ0n) is 7.13. The molecule has 0 spiro atoms. The summed E-state index contributed by atoms with van der Waals surface area (Å²) < 4.78 is 0.816. The Morgan fingerprint density at radius 1 is 1.42 bits per heavy atom. The Kier molecular flexibility index (Phi) is 3.54. The Hall–Kier alpha value is -0.560. The lowest BCUT2D eigenvalue weighted by Crippen LogP contribution is -1.95. The standard InChI is InChI=1S/C11H12Br/c1-3-11(9(2)12)10-7-5-4-6-8-10/h2,4-8,11H,3H2,1H3. The lowest BCUT2D eigenvalue weighted by atomic mass is 9.97. The average Bonchev–Trinajstić information content (AvgIpc) is 2.07. The summed E-state index contributed by atoms with van der Waals surface area (Å²) in [7, 11) is 0. The van der Waals surface area contributed by atoms with Gasteiger partial charge >= 0.3 is 0 Å². The van der Waals surface area contributed by atoms with Crippen molar-refractivity contribution in [1.82, 2.24) is 0 Å². The van der Waals surface area contributed by atoms with Gasteiger partial charge in [0.2, 0.25) is 0 Å². The summed E-state index contributed by atoms with van der Waals surface area (Å²) in [5.41, 5.74) is 1.27. The molecule has 0 aliphatic carbocycles. The van der Waals surface area contributed by atoms with E-state index in [1.165, 1.54) is 5.56 Å². The molecule has 0 aromatic heterocycles. The summed E-state index contributed by atoms with van der Waals surface area (Å²) in [4.78, 5) is 0. The molecule has 0 heterocycles. The van der Waals surface area contributed by atoms with Crippen molar-refractivity contribution in [3.8, 4) is 0 Å². The number of rotatable bonds is 3. The predicted molar refractivity (Wildman–Crippen MR) is 56.2 cm³/mol. The van der Waals surface area contributed by atoms with Crippen LogP contribution in [0.5, 0.6) is 0 Å². The van der Waals surface area contributed by atoms with E-state index in [-0.39, 0.29) is 0 Å². The molecule has 0 saturated heterocycles. The first kappa shape index (κ1) is 9.53. The minimum Gasteiger partial charge on any atom is -0.0645 e. The van der Waals surface area contributed by atoms with Gasteiger partial charge in [-0.15, -0.1) is 0 Å². The van der Waals surface area contributed by atoms with Gasteiger partial charge in [0, 0.05) is 10.4 Å². The maximum atomic E-state index is 5.71. The highest BCUT2D eigenvalue weighted by atomic mass is 79.9. The molecule has 1 heteroatoms. The summed E-state index contributed by atoms with van der Waals surface area (Å²) >= 11 is 3.33. The van der Waals surface area contributed by atoms with E-state index < -0.39 is 0 Å². The highest BCUT2D eigenvalue weighted by Crippen LogP contribution is 2.29. The molecule has 0 fully saturated rings. The van der Waals surface area contributed by atoms with E-state index in [1.807, 2.05) is 18.2 Å². The lowest BCUT2D eigenvalue weighted by Gasteiger charge is -2.12. The van der Waals surface area contributed by atoms with E-state index in [2.05, 4.69) is 35.0 Å². The first-order chi connectivity index (χ1) is 5.75. The molecular formula is C11H12Br. The summed E-state index contributed by atoms with van der Waals surface area (Å²) in [5.74, 6) is 0.339. The van der Waals surface area contributed by atoms with Crippen LogP contribution in [0.25, 0.3) is 0 Å². The van der Waals surface area contributed by atoms with Gasteiger partial charge in [-0.05, 0) is 12.0 Å². The molecule has 0 aliphatic heterocycles. The fourth-order valence-electron chi connectivity index (χ4n) is 1.28. The van der Waals surface area contributed by atoms with Gasteiger partial charge < -0.3 is 0 Å². The van der Waals surface area contributed by atoms with Crippen LogP contribution in [0.15, 0.2) is 34.8 Å². The van der Waals surface area contributed by atoms with Gasteiger partial charge in [-0.3, -0.25) is 0 Å². The molecular weight excluding hydrogens is 212 g/mol. The minimum atomic E-state index is 0.339. The topological polar surface area (TPSA) is 0 Å². The van der Waals surface area contributed by atoms with Crippen LogP contribution < -0.4 is 0 Å². The van der Waals surface area contributed by atoms with Gasteiger partial charge in [0.15, 0.2) is 0 Å². The average molecular weight is 224 g/mol. The van der Waals surface area contributed by atoms with Crippen molar-refractivity contribution in [1.29, 1.82) is 0 Å². The monoisotopic (exact) mass is 223 g/mol. The van der Waals surface area contributed by atoms with Crippen LogP contribution in [0.2, 0.25) is 0 Å². The zero-order valence-corrected chi connectivity index (χ0v) is 8.71. The van der Waals surface area contributed by atoms with Crippen molar-refractivity contribution in [3.63, 3.8) is 0 Å². The SMILES string of the molecule is [CH]=C(Br)C(CC)c1ccccc1. The molecule has 0 saturated carbocycles. The third-order valence-corrected chi connectivity index (χ3v) is 2.50. The second-order valence-electron chi connectivity index (χ2n) is 2.76. The highest BCUT2D eigenvalue weighted by molar-refractivity contribution is 9.11. The van der Waals surface area contributed by atoms with Crippen LogP contribution in [-0.2, 0) is 0 Å². The van der Waals surface area contributed by atoms with Gasteiger partial charge in [-0.25, -0.2) is 0 Å². The maximum Gasteiger partial charge on any atom is 0.0153 e. The van der Waals surface area contributed by atoms with Crippen molar-refractivity contribution >= 4 is 15.9 Å². The molecule has 1 unspecified atom stereocenters. The van der Waals surface area contributed by atoms with Crippen LogP contribution in [0.4, 0.5) is 0 Å². The molecule has 1 aromatic rings.